The molecule has 1 saturated heterocycles. The van der Waals surface area contributed by atoms with Crippen molar-refractivity contribution in [3.63, 3.8) is 0 Å². The van der Waals surface area contributed by atoms with Crippen molar-refractivity contribution in [3.8, 4) is 6.07 Å². The molecule has 2 aliphatic rings. The summed E-state index contributed by atoms with van der Waals surface area (Å²) in [5, 5.41) is 16.3. The Morgan fingerprint density at radius 1 is 1.33 bits per heavy atom. The van der Waals surface area contributed by atoms with Gasteiger partial charge in [-0.3, -0.25) is 14.6 Å². The maximum Gasteiger partial charge on any atom is 0.239 e. The Balaban J connectivity index is 1.51. The van der Waals surface area contributed by atoms with E-state index in [-0.39, 0.29) is 5.91 Å². The summed E-state index contributed by atoms with van der Waals surface area (Å²) in [4.78, 5) is 17.0. The number of hydrogen-bond acceptors (Lipinski definition) is 6. The fraction of sp³-hybridized carbons (Fsp3) is 0.737. The number of rotatable bonds is 9. The number of nitriles is 1. The highest BCUT2D eigenvalue weighted by molar-refractivity contribution is 5.91. The van der Waals surface area contributed by atoms with Crippen molar-refractivity contribution in [1.82, 2.24) is 19.6 Å². The summed E-state index contributed by atoms with van der Waals surface area (Å²) < 4.78 is 7.33. The minimum absolute atomic E-state index is 0.0466. The number of carbonyl (C=O) groups excluding carboxylic acids is 1. The molecule has 0 aromatic carbocycles. The first-order chi connectivity index (χ1) is 13.3. The summed E-state index contributed by atoms with van der Waals surface area (Å²) in [6.45, 7) is 5.96. The van der Waals surface area contributed by atoms with Crippen LogP contribution >= 0.6 is 0 Å². The average Bonchev–Trinajstić information content (AvgIpc) is 3.36. The zero-order valence-corrected chi connectivity index (χ0v) is 16.0. The van der Waals surface area contributed by atoms with Crippen molar-refractivity contribution >= 4 is 11.7 Å². The SMILES string of the molecule is N#CCCN(CCN1CCOCC1)CC(=O)Nc1ccnn1C1CCCC1. The number of nitrogens with one attached hydrogen (secondary N) is 1. The molecule has 0 atom stereocenters. The summed E-state index contributed by atoms with van der Waals surface area (Å²) in [6, 6.07) is 4.44. The van der Waals surface area contributed by atoms with Crippen LogP contribution in [0.15, 0.2) is 12.3 Å². The minimum atomic E-state index is -0.0466. The third-order valence-corrected chi connectivity index (χ3v) is 5.35. The third-order valence-electron chi connectivity index (χ3n) is 5.35. The lowest BCUT2D eigenvalue weighted by molar-refractivity contribution is -0.117. The molecule has 1 N–H and O–H groups in total. The molecule has 148 valence electrons. The first-order valence-electron chi connectivity index (χ1n) is 9.99. The molecule has 8 nitrogen and oxygen atoms in total. The van der Waals surface area contributed by atoms with Gasteiger partial charge in [0.2, 0.25) is 5.91 Å². The quantitative estimate of drug-likeness (QED) is 0.705. The van der Waals surface area contributed by atoms with Crippen molar-refractivity contribution in [3.05, 3.63) is 12.3 Å². The highest BCUT2D eigenvalue weighted by Crippen LogP contribution is 2.31. The summed E-state index contributed by atoms with van der Waals surface area (Å²) in [6.07, 6.45) is 6.87. The van der Waals surface area contributed by atoms with Crippen LogP contribution in [0.2, 0.25) is 0 Å². The highest BCUT2D eigenvalue weighted by atomic mass is 16.5. The summed E-state index contributed by atoms with van der Waals surface area (Å²) in [5.74, 6) is 0.731. The fourth-order valence-electron chi connectivity index (χ4n) is 3.82. The zero-order valence-electron chi connectivity index (χ0n) is 16.0. The van der Waals surface area contributed by atoms with Gasteiger partial charge in [0.1, 0.15) is 5.82 Å². The normalized spacial score (nSPS) is 18.7. The first kappa shape index (κ1) is 19.8. The monoisotopic (exact) mass is 374 g/mol. The molecule has 0 spiro atoms. The van der Waals surface area contributed by atoms with E-state index in [0.717, 1.165) is 58.1 Å². The molecule has 27 heavy (non-hydrogen) atoms. The molecule has 2 heterocycles. The van der Waals surface area contributed by atoms with Gasteiger partial charge in [-0.1, -0.05) is 12.8 Å². The number of anilines is 1. The van der Waals surface area contributed by atoms with Crippen LogP contribution in [-0.2, 0) is 9.53 Å². The Hall–Kier alpha value is -1.95. The third kappa shape index (κ3) is 6.03. The smallest absolute Gasteiger partial charge is 0.239 e. The van der Waals surface area contributed by atoms with E-state index in [2.05, 4.69) is 26.3 Å². The van der Waals surface area contributed by atoms with Gasteiger partial charge in [-0.15, -0.1) is 0 Å². The van der Waals surface area contributed by atoms with E-state index >= 15 is 0 Å². The summed E-state index contributed by atoms with van der Waals surface area (Å²) >= 11 is 0. The molecule has 3 rings (SSSR count). The van der Waals surface area contributed by atoms with Crippen molar-refractivity contribution in [2.75, 3.05) is 57.8 Å². The van der Waals surface area contributed by atoms with Crippen LogP contribution in [0.3, 0.4) is 0 Å². The Morgan fingerprint density at radius 2 is 2.11 bits per heavy atom. The predicted octanol–water partition coefficient (Wildman–Crippen LogP) is 1.48. The van der Waals surface area contributed by atoms with E-state index in [4.69, 9.17) is 10.00 Å². The molecule has 2 fully saturated rings. The van der Waals surface area contributed by atoms with E-state index in [1.807, 2.05) is 10.7 Å². The van der Waals surface area contributed by atoms with Gasteiger partial charge >= 0.3 is 0 Å². The number of aromatic nitrogens is 2. The van der Waals surface area contributed by atoms with Gasteiger partial charge in [0.05, 0.1) is 38.1 Å². The van der Waals surface area contributed by atoms with E-state index in [9.17, 15) is 4.79 Å². The molecule has 1 aromatic rings. The molecule has 0 unspecified atom stereocenters. The number of carbonyl (C=O) groups is 1. The average molecular weight is 374 g/mol. The molecule has 1 aliphatic carbocycles. The molecule has 1 aromatic heterocycles. The van der Waals surface area contributed by atoms with Crippen LogP contribution in [0.4, 0.5) is 5.82 Å². The second kappa shape index (κ2) is 10.4. The minimum Gasteiger partial charge on any atom is -0.379 e. The number of nitrogens with zero attached hydrogens (tertiary/aromatic N) is 5. The van der Waals surface area contributed by atoms with E-state index in [1.54, 1.807) is 6.20 Å². The maximum atomic E-state index is 12.6. The lowest BCUT2D eigenvalue weighted by Crippen LogP contribution is -2.43. The van der Waals surface area contributed by atoms with Crippen molar-refractivity contribution in [2.45, 2.75) is 38.1 Å². The Morgan fingerprint density at radius 3 is 2.85 bits per heavy atom. The van der Waals surface area contributed by atoms with Gasteiger partial charge in [0.25, 0.3) is 0 Å². The van der Waals surface area contributed by atoms with Gasteiger partial charge in [0, 0.05) is 45.2 Å². The summed E-state index contributed by atoms with van der Waals surface area (Å²) in [5.41, 5.74) is 0. The van der Waals surface area contributed by atoms with Gasteiger partial charge in [0.15, 0.2) is 0 Å². The predicted molar refractivity (Wildman–Crippen MR) is 102 cm³/mol. The number of morpholine rings is 1. The van der Waals surface area contributed by atoms with Crippen LogP contribution in [0, 0.1) is 11.3 Å². The highest BCUT2D eigenvalue weighted by Gasteiger charge is 2.21. The zero-order chi connectivity index (χ0) is 18.9. The van der Waals surface area contributed by atoms with Crippen LogP contribution in [0.1, 0.15) is 38.1 Å². The van der Waals surface area contributed by atoms with Crippen molar-refractivity contribution in [1.29, 1.82) is 5.26 Å². The lowest BCUT2D eigenvalue weighted by Gasteiger charge is -2.29. The van der Waals surface area contributed by atoms with Gasteiger partial charge in [-0.2, -0.15) is 10.4 Å². The van der Waals surface area contributed by atoms with Crippen LogP contribution in [0.25, 0.3) is 0 Å². The second-order valence-corrected chi connectivity index (χ2v) is 7.29. The molecular weight excluding hydrogens is 344 g/mol. The standard InChI is InChI=1S/C19H30N6O2/c20-7-3-9-24(11-10-23-12-14-27-15-13-23)16-19(26)22-18-6-8-21-25(18)17-4-1-2-5-17/h6,8,17H,1-5,9-16H2,(H,22,26). The van der Waals surface area contributed by atoms with E-state index < -0.39 is 0 Å². The first-order valence-corrected chi connectivity index (χ1v) is 9.99. The van der Waals surface area contributed by atoms with E-state index in [1.165, 1.54) is 12.8 Å². The molecule has 1 aliphatic heterocycles. The largest absolute Gasteiger partial charge is 0.379 e. The summed E-state index contributed by atoms with van der Waals surface area (Å²) in [7, 11) is 0. The van der Waals surface area contributed by atoms with Crippen molar-refractivity contribution < 1.29 is 9.53 Å². The molecule has 1 amide bonds. The molecule has 0 bridgehead atoms. The second-order valence-electron chi connectivity index (χ2n) is 7.29. The molecule has 8 heteroatoms. The van der Waals surface area contributed by atoms with Gasteiger partial charge < -0.3 is 10.1 Å². The van der Waals surface area contributed by atoms with Crippen molar-refractivity contribution in [2.24, 2.45) is 0 Å². The molecular formula is C19H30N6O2. The maximum absolute atomic E-state index is 12.6. The Kier molecular flexibility index (Phi) is 7.63. The van der Waals surface area contributed by atoms with E-state index in [0.29, 0.717) is 25.6 Å². The van der Waals surface area contributed by atoms with Gasteiger partial charge in [-0.25, -0.2) is 4.68 Å². The fourth-order valence-corrected chi connectivity index (χ4v) is 3.82. The Bertz CT molecular complexity index is 628. The number of hydrogen-bond donors (Lipinski definition) is 1. The van der Waals surface area contributed by atoms with Crippen LogP contribution in [0.5, 0.6) is 0 Å². The van der Waals surface area contributed by atoms with Crippen LogP contribution < -0.4 is 5.32 Å². The number of ether oxygens (including phenoxy) is 1. The molecule has 0 radical (unpaired) electrons. The van der Waals surface area contributed by atoms with Gasteiger partial charge in [-0.05, 0) is 12.8 Å². The lowest BCUT2D eigenvalue weighted by atomic mass is 10.2. The molecule has 1 saturated carbocycles. The number of amides is 1. The topological polar surface area (TPSA) is 86.4 Å². The Labute approximate surface area is 161 Å². The van der Waals surface area contributed by atoms with Crippen LogP contribution in [-0.4, -0.2) is 78.0 Å².